The molecule has 2 aromatic carbocycles. The zero-order chi connectivity index (χ0) is 18.5. The molecule has 0 aliphatic carbocycles. The first-order valence-electron chi connectivity index (χ1n) is 8.71. The van der Waals surface area contributed by atoms with Crippen LogP contribution >= 0.6 is 24.2 Å². The van der Waals surface area contributed by atoms with Crippen LogP contribution in [0.3, 0.4) is 0 Å². The number of thioether (sulfide) groups is 1. The van der Waals surface area contributed by atoms with E-state index in [0.29, 0.717) is 24.0 Å². The van der Waals surface area contributed by atoms with Crippen LogP contribution in [-0.2, 0) is 4.79 Å². The van der Waals surface area contributed by atoms with E-state index in [2.05, 4.69) is 5.32 Å². The Hall–Kier alpha value is -1.63. The minimum Gasteiger partial charge on any atom is -0.341 e. The van der Waals surface area contributed by atoms with E-state index >= 15 is 0 Å². The first-order valence-corrected chi connectivity index (χ1v) is 9.59. The van der Waals surface area contributed by atoms with Crippen LogP contribution in [-0.4, -0.2) is 37.0 Å². The van der Waals surface area contributed by atoms with Gasteiger partial charge >= 0.3 is 0 Å². The van der Waals surface area contributed by atoms with Gasteiger partial charge < -0.3 is 10.2 Å². The Kier molecular flexibility index (Phi) is 8.07. The minimum atomic E-state index is -0.899. The van der Waals surface area contributed by atoms with Gasteiger partial charge in [-0.25, -0.2) is 8.78 Å². The van der Waals surface area contributed by atoms with Crippen molar-refractivity contribution in [1.82, 2.24) is 10.2 Å². The summed E-state index contributed by atoms with van der Waals surface area (Å²) in [5, 5.41) is 2.78. The molecule has 3 rings (SSSR count). The molecule has 0 bridgehead atoms. The lowest BCUT2D eigenvalue weighted by Crippen LogP contribution is -2.45. The summed E-state index contributed by atoms with van der Waals surface area (Å²) < 4.78 is 26.8. The van der Waals surface area contributed by atoms with Gasteiger partial charge in [-0.15, -0.1) is 24.2 Å². The smallest absolute Gasteiger partial charge is 0.240 e. The van der Waals surface area contributed by atoms with E-state index < -0.39 is 16.9 Å². The zero-order valence-corrected chi connectivity index (χ0v) is 16.7. The van der Waals surface area contributed by atoms with E-state index in [1.165, 1.54) is 17.8 Å². The van der Waals surface area contributed by atoms with Crippen molar-refractivity contribution < 1.29 is 13.6 Å². The lowest BCUT2D eigenvalue weighted by molar-refractivity contribution is -0.131. The Morgan fingerprint density at radius 3 is 2.37 bits per heavy atom. The maximum atomic E-state index is 13.6. The first kappa shape index (κ1) is 21.7. The van der Waals surface area contributed by atoms with Crippen molar-refractivity contribution in [2.45, 2.75) is 29.0 Å². The molecule has 1 aliphatic heterocycles. The Morgan fingerprint density at radius 1 is 1.11 bits per heavy atom. The van der Waals surface area contributed by atoms with Crippen molar-refractivity contribution in [3.63, 3.8) is 0 Å². The molecule has 0 radical (unpaired) electrons. The van der Waals surface area contributed by atoms with Crippen molar-refractivity contribution in [1.29, 1.82) is 0 Å². The molecule has 1 unspecified atom stereocenters. The standard InChI is InChI=1S/C20H22F2N2OS.ClH/c1-23-15-9-11-24(12-10-15)20(25)19(14-5-3-2-4-6-14)26-16-7-8-17(21)18(22)13-16;/h2-8,13,15,19,23H,9-12H2,1H3;1H. The van der Waals surface area contributed by atoms with Crippen molar-refractivity contribution in [3.05, 3.63) is 65.7 Å². The third-order valence-corrected chi connectivity index (χ3v) is 5.92. The highest BCUT2D eigenvalue weighted by molar-refractivity contribution is 8.00. The second-order valence-electron chi connectivity index (χ2n) is 6.37. The molecule has 0 spiro atoms. The van der Waals surface area contributed by atoms with Gasteiger partial charge in [-0.3, -0.25) is 4.79 Å². The van der Waals surface area contributed by atoms with E-state index in [1.54, 1.807) is 0 Å². The summed E-state index contributed by atoms with van der Waals surface area (Å²) in [7, 11) is 1.94. The fraction of sp³-hybridized carbons (Fsp3) is 0.350. The number of halogens is 3. The fourth-order valence-electron chi connectivity index (χ4n) is 3.13. The molecule has 2 aromatic rings. The Balaban J connectivity index is 0.00000261. The minimum absolute atomic E-state index is 0. The number of benzene rings is 2. The predicted molar refractivity (Wildman–Crippen MR) is 107 cm³/mol. The third kappa shape index (κ3) is 5.43. The monoisotopic (exact) mass is 412 g/mol. The van der Waals surface area contributed by atoms with Gasteiger partial charge in [-0.1, -0.05) is 30.3 Å². The van der Waals surface area contributed by atoms with Crippen molar-refractivity contribution in [3.8, 4) is 0 Å². The van der Waals surface area contributed by atoms with Crippen LogP contribution in [0, 0.1) is 11.6 Å². The largest absolute Gasteiger partial charge is 0.341 e. The summed E-state index contributed by atoms with van der Waals surface area (Å²) in [5.74, 6) is -1.77. The number of amides is 1. The van der Waals surface area contributed by atoms with Crippen LogP contribution in [0.25, 0.3) is 0 Å². The van der Waals surface area contributed by atoms with Crippen LogP contribution in [0.15, 0.2) is 53.4 Å². The van der Waals surface area contributed by atoms with E-state index in [-0.39, 0.29) is 18.3 Å². The molecule has 1 saturated heterocycles. The Labute approximate surface area is 168 Å². The number of likely N-dealkylation sites (tertiary alicyclic amines) is 1. The summed E-state index contributed by atoms with van der Waals surface area (Å²) >= 11 is 1.26. The normalized spacial score (nSPS) is 15.9. The van der Waals surface area contributed by atoms with Crippen molar-refractivity contribution >= 4 is 30.1 Å². The molecule has 1 amide bonds. The second-order valence-corrected chi connectivity index (χ2v) is 7.55. The average Bonchev–Trinajstić information content (AvgIpc) is 2.69. The lowest BCUT2D eigenvalue weighted by Gasteiger charge is -2.34. The third-order valence-electron chi connectivity index (χ3n) is 4.69. The van der Waals surface area contributed by atoms with E-state index in [9.17, 15) is 13.6 Å². The summed E-state index contributed by atoms with van der Waals surface area (Å²) in [4.78, 5) is 15.6. The number of piperidine rings is 1. The molecule has 1 heterocycles. The van der Waals surface area contributed by atoms with Crippen LogP contribution in [0.1, 0.15) is 23.7 Å². The van der Waals surface area contributed by atoms with Crippen LogP contribution in [0.2, 0.25) is 0 Å². The van der Waals surface area contributed by atoms with Gasteiger partial charge in [-0.05, 0) is 43.7 Å². The maximum Gasteiger partial charge on any atom is 0.240 e. The molecule has 1 N–H and O–H groups in total. The topological polar surface area (TPSA) is 32.3 Å². The molecular formula is C20H23ClF2N2OS. The van der Waals surface area contributed by atoms with Gasteiger partial charge in [0.15, 0.2) is 11.6 Å². The molecule has 3 nitrogen and oxygen atoms in total. The van der Waals surface area contributed by atoms with Gasteiger partial charge in [0.1, 0.15) is 5.25 Å². The highest BCUT2D eigenvalue weighted by Gasteiger charge is 2.30. The summed E-state index contributed by atoms with van der Waals surface area (Å²) in [6.45, 7) is 1.40. The van der Waals surface area contributed by atoms with Crippen molar-refractivity contribution in [2.24, 2.45) is 0 Å². The number of hydrogen-bond acceptors (Lipinski definition) is 3. The van der Waals surface area contributed by atoms with Crippen molar-refractivity contribution in [2.75, 3.05) is 20.1 Å². The van der Waals surface area contributed by atoms with Gasteiger partial charge in [0, 0.05) is 24.0 Å². The van der Waals surface area contributed by atoms with E-state index in [4.69, 9.17) is 0 Å². The molecule has 1 fully saturated rings. The average molecular weight is 413 g/mol. The zero-order valence-electron chi connectivity index (χ0n) is 15.0. The highest BCUT2D eigenvalue weighted by Crippen LogP contribution is 2.37. The number of nitrogens with one attached hydrogen (secondary N) is 1. The molecule has 0 saturated carbocycles. The van der Waals surface area contributed by atoms with E-state index in [1.807, 2.05) is 42.3 Å². The van der Waals surface area contributed by atoms with Gasteiger partial charge in [-0.2, -0.15) is 0 Å². The van der Waals surface area contributed by atoms with Gasteiger partial charge in [0.25, 0.3) is 0 Å². The molecule has 1 aliphatic rings. The van der Waals surface area contributed by atoms with Gasteiger partial charge in [0.05, 0.1) is 0 Å². The molecule has 27 heavy (non-hydrogen) atoms. The number of carbonyl (C=O) groups excluding carboxylic acids is 1. The van der Waals surface area contributed by atoms with E-state index in [0.717, 1.165) is 30.5 Å². The maximum absolute atomic E-state index is 13.6. The number of hydrogen-bond donors (Lipinski definition) is 1. The molecule has 7 heteroatoms. The highest BCUT2D eigenvalue weighted by atomic mass is 35.5. The second kappa shape index (κ2) is 10.1. The SMILES string of the molecule is CNC1CCN(C(=O)C(Sc2ccc(F)c(F)c2)c2ccccc2)CC1.Cl. The summed E-state index contributed by atoms with van der Waals surface area (Å²) in [6, 6.07) is 13.7. The molecule has 146 valence electrons. The summed E-state index contributed by atoms with van der Waals surface area (Å²) in [5.41, 5.74) is 0.864. The Morgan fingerprint density at radius 2 is 1.78 bits per heavy atom. The fourth-order valence-corrected chi connectivity index (χ4v) is 4.26. The molecule has 1 atom stereocenters. The van der Waals surface area contributed by atoms with Gasteiger partial charge in [0.2, 0.25) is 5.91 Å². The summed E-state index contributed by atoms with van der Waals surface area (Å²) in [6.07, 6.45) is 1.83. The first-order chi connectivity index (χ1) is 12.6. The quantitative estimate of drug-likeness (QED) is 0.737. The Bertz CT molecular complexity index is 755. The number of nitrogens with zero attached hydrogens (tertiary/aromatic N) is 1. The molecule has 0 aromatic heterocycles. The molecular weight excluding hydrogens is 390 g/mol. The van der Waals surface area contributed by atoms with Crippen LogP contribution in [0.5, 0.6) is 0 Å². The number of rotatable bonds is 5. The lowest BCUT2D eigenvalue weighted by atomic mass is 10.0. The van der Waals surface area contributed by atoms with Crippen LogP contribution in [0.4, 0.5) is 8.78 Å². The predicted octanol–water partition coefficient (Wildman–Crippen LogP) is 4.43. The van der Waals surface area contributed by atoms with Crippen LogP contribution < -0.4 is 5.32 Å². The number of carbonyl (C=O) groups is 1.